The monoisotopic (exact) mass is 250 g/mol. The lowest BCUT2D eigenvalue weighted by Crippen LogP contribution is -2.02. The molecule has 2 unspecified atom stereocenters. The Morgan fingerprint density at radius 2 is 1.89 bits per heavy atom. The van der Waals surface area contributed by atoms with Crippen LogP contribution in [0.5, 0.6) is 5.75 Å². The van der Waals surface area contributed by atoms with Crippen LogP contribution in [0.1, 0.15) is 23.5 Å². The summed E-state index contributed by atoms with van der Waals surface area (Å²) in [5.41, 5.74) is 8.90. The summed E-state index contributed by atoms with van der Waals surface area (Å²) in [6, 6.07) is 15.3. The van der Waals surface area contributed by atoms with Crippen LogP contribution in [0.2, 0.25) is 0 Å². The van der Waals surface area contributed by atoms with Gasteiger partial charge in [-0.15, -0.1) is 0 Å². The van der Waals surface area contributed by atoms with Crippen molar-refractivity contribution in [2.24, 2.45) is 5.73 Å². The lowest BCUT2D eigenvalue weighted by molar-refractivity contribution is 0.476. The van der Waals surface area contributed by atoms with Crippen LogP contribution in [-0.2, 0) is 0 Å². The first-order chi connectivity index (χ1) is 9.20. The van der Waals surface area contributed by atoms with Crippen LogP contribution in [-0.4, -0.2) is 11.1 Å². The third-order valence-electron chi connectivity index (χ3n) is 3.61. The van der Waals surface area contributed by atoms with Crippen LogP contribution in [0.25, 0.3) is 11.1 Å². The van der Waals surface area contributed by atoms with Crippen molar-refractivity contribution in [2.45, 2.75) is 18.4 Å². The largest absolute Gasteiger partial charge is 0.507 e. The van der Waals surface area contributed by atoms with Crippen LogP contribution < -0.4 is 5.73 Å². The molecule has 0 aliphatic heterocycles. The lowest BCUT2D eigenvalue weighted by atomic mass is 9.96. The molecule has 1 fully saturated rings. The number of rotatable bonds is 2. The number of phenols is 1. The van der Waals surface area contributed by atoms with Crippen LogP contribution >= 0.6 is 0 Å². The van der Waals surface area contributed by atoms with Gasteiger partial charge < -0.3 is 10.8 Å². The van der Waals surface area contributed by atoms with Crippen molar-refractivity contribution in [2.75, 3.05) is 0 Å². The second-order valence-corrected chi connectivity index (χ2v) is 4.94. The van der Waals surface area contributed by atoms with Crippen LogP contribution in [0, 0.1) is 11.3 Å². The summed E-state index contributed by atoms with van der Waals surface area (Å²) in [6.45, 7) is 0. The van der Waals surface area contributed by atoms with E-state index >= 15 is 0 Å². The number of aromatic hydroxyl groups is 1. The minimum absolute atomic E-state index is 0.120. The van der Waals surface area contributed by atoms with Crippen molar-refractivity contribution in [1.82, 2.24) is 0 Å². The molecule has 2 aromatic carbocycles. The summed E-state index contributed by atoms with van der Waals surface area (Å²) in [6.07, 6.45) is 0.888. The fraction of sp³-hybridized carbons (Fsp3) is 0.188. The fourth-order valence-corrected chi connectivity index (χ4v) is 2.43. The molecule has 0 amide bonds. The molecule has 94 valence electrons. The maximum atomic E-state index is 10.2. The molecular weight excluding hydrogens is 236 g/mol. The highest BCUT2D eigenvalue weighted by atomic mass is 16.3. The highest BCUT2D eigenvalue weighted by Crippen LogP contribution is 2.43. The van der Waals surface area contributed by atoms with E-state index in [4.69, 9.17) is 5.73 Å². The van der Waals surface area contributed by atoms with Gasteiger partial charge in [0.2, 0.25) is 0 Å². The molecule has 3 rings (SSSR count). The third kappa shape index (κ3) is 2.07. The average molecular weight is 250 g/mol. The fourth-order valence-electron chi connectivity index (χ4n) is 2.43. The maximum Gasteiger partial charge on any atom is 0.123 e. The standard InChI is InChI=1S/C16H14N2O/c17-9-11-6-13(10-4-2-1-3-5-10)16(19)8-12(11)14-7-15(14)18/h1-6,8,14-15,19H,7,18H2. The second kappa shape index (κ2) is 4.42. The van der Waals surface area contributed by atoms with E-state index in [1.165, 1.54) is 0 Å². The Balaban J connectivity index is 2.11. The Kier molecular flexibility index (Phi) is 2.73. The van der Waals surface area contributed by atoms with Gasteiger partial charge in [0.25, 0.3) is 0 Å². The average Bonchev–Trinajstić information content (AvgIpc) is 3.16. The molecule has 0 spiro atoms. The molecule has 2 aromatic rings. The summed E-state index contributed by atoms with van der Waals surface area (Å²) in [7, 11) is 0. The molecule has 0 radical (unpaired) electrons. The van der Waals surface area contributed by atoms with Crippen LogP contribution in [0.15, 0.2) is 42.5 Å². The highest BCUT2D eigenvalue weighted by Gasteiger charge is 2.37. The molecular formula is C16H14N2O. The number of hydrogen-bond donors (Lipinski definition) is 2. The van der Waals surface area contributed by atoms with Gasteiger partial charge in [0.05, 0.1) is 11.6 Å². The van der Waals surface area contributed by atoms with Crippen LogP contribution in [0.3, 0.4) is 0 Å². The molecule has 19 heavy (non-hydrogen) atoms. The minimum Gasteiger partial charge on any atom is -0.507 e. The number of benzene rings is 2. The van der Waals surface area contributed by atoms with Crippen molar-refractivity contribution in [3.8, 4) is 22.9 Å². The molecule has 0 heterocycles. The SMILES string of the molecule is N#Cc1cc(-c2ccccc2)c(O)cc1C1CC1N. The van der Waals surface area contributed by atoms with Crippen molar-refractivity contribution in [3.05, 3.63) is 53.6 Å². The molecule has 2 atom stereocenters. The molecule has 0 bridgehead atoms. The predicted molar refractivity (Wildman–Crippen MR) is 73.6 cm³/mol. The van der Waals surface area contributed by atoms with Gasteiger partial charge in [-0.2, -0.15) is 5.26 Å². The molecule has 0 aromatic heterocycles. The molecule has 1 aliphatic carbocycles. The van der Waals surface area contributed by atoms with Crippen molar-refractivity contribution in [1.29, 1.82) is 5.26 Å². The second-order valence-electron chi connectivity index (χ2n) is 4.94. The Labute approximate surface area is 111 Å². The Morgan fingerprint density at radius 1 is 1.21 bits per heavy atom. The normalized spacial score (nSPS) is 20.8. The number of nitriles is 1. The van der Waals surface area contributed by atoms with E-state index in [1.807, 2.05) is 30.3 Å². The zero-order valence-corrected chi connectivity index (χ0v) is 10.4. The molecule has 3 nitrogen and oxygen atoms in total. The Bertz CT molecular complexity index is 658. The third-order valence-corrected chi connectivity index (χ3v) is 3.61. The zero-order chi connectivity index (χ0) is 13.4. The molecule has 0 saturated heterocycles. The number of nitrogens with zero attached hydrogens (tertiary/aromatic N) is 1. The van der Waals surface area contributed by atoms with Gasteiger partial charge in [-0.3, -0.25) is 0 Å². The van der Waals surface area contributed by atoms with Gasteiger partial charge in [-0.25, -0.2) is 0 Å². The molecule has 1 aliphatic rings. The van der Waals surface area contributed by atoms with E-state index in [2.05, 4.69) is 6.07 Å². The number of nitrogens with two attached hydrogens (primary N) is 1. The van der Waals surface area contributed by atoms with Gasteiger partial charge >= 0.3 is 0 Å². The first-order valence-corrected chi connectivity index (χ1v) is 6.28. The van der Waals surface area contributed by atoms with Crippen molar-refractivity contribution >= 4 is 0 Å². The van der Waals surface area contributed by atoms with E-state index in [0.29, 0.717) is 11.1 Å². The smallest absolute Gasteiger partial charge is 0.123 e. The van der Waals surface area contributed by atoms with E-state index in [0.717, 1.165) is 17.5 Å². The van der Waals surface area contributed by atoms with Gasteiger partial charge in [-0.1, -0.05) is 30.3 Å². The zero-order valence-electron chi connectivity index (χ0n) is 10.4. The van der Waals surface area contributed by atoms with Gasteiger partial charge in [0.15, 0.2) is 0 Å². The minimum atomic E-state index is 0.120. The first-order valence-electron chi connectivity index (χ1n) is 6.28. The summed E-state index contributed by atoms with van der Waals surface area (Å²) >= 11 is 0. The van der Waals surface area contributed by atoms with Crippen molar-refractivity contribution < 1.29 is 5.11 Å². The predicted octanol–water partition coefficient (Wildman–Crippen LogP) is 2.75. The lowest BCUT2D eigenvalue weighted by Gasteiger charge is -2.09. The Morgan fingerprint density at radius 3 is 2.47 bits per heavy atom. The van der Waals surface area contributed by atoms with E-state index in [-0.39, 0.29) is 17.7 Å². The quantitative estimate of drug-likeness (QED) is 0.861. The topological polar surface area (TPSA) is 70.0 Å². The van der Waals surface area contributed by atoms with E-state index in [1.54, 1.807) is 12.1 Å². The van der Waals surface area contributed by atoms with Gasteiger partial charge in [0.1, 0.15) is 5.75 Å². The van der Waals surface area contributed by atoms with Crippen molar-refractivity contribution in [3.63, 3.8) is 0 Å². The molecule has 3 N–H and O–H groups in total. The summed E-state index contributed by atoms with van der Waals surface area (Å²) in [5, 5.41) is 19.4. The summed E-state index contributed by atoms with van der Waals surface area (Å²) in [5.74, 6) is 0.421. The first kappa shape index (κ1) is 11.8. The van der Waals surface area contributed by atoms with E-state index < -0.39 is 0 Å². The Hall–Kier alpha value is -2.31. The maximum absolute atomic E-state index is 10.2. The number of phenolic OH excluding ortho intramolecular Hbond substituents is 1. The summed E-state index contributed by atoms with van der Waals surface area (Å²) in [4.78, 5) is 0. The highest BCUT2D eigenvalue weighted by molar-refractivity contribution is 5.73. The molecule has 1 saturated carbocycles. The number of hydrogen-bond acceptors (Lipinski definition) is 3. The van der Waals surface area contributed by atoms with Crippen LogP contribution in [0.4, 0.5) is 0 Å². The molecule has 3 heteroatoms. The summed E-state index contributed by atoms with van der Waals surface area (Å²) < 4.78 is 0. The van der Waals surface area contributed by atoms with Gasteiger partial charge in [-0.05, 0) is 29.7 Å². The van der Waals surface area contributed by atoms with Gasteiger partial charge in [0, 0.05) is 17.5 Å². The van der Waals surface area contributed by atoms with E-state index in [9.17, 15) is 10.4 Å².